The number of amides is 1. The van der Waals surface area contributed by atoms with Gasteiger partial charge >= 0.3 is 0 Å². The van der Waals surface area contributed by atoms with E-state index in [0.717, 1.165) is 0 Å². The zero-order valence-electron chi connectivity index (χ0n) is 20.9. The van der Waals surface area contributed by atoms with Gasteiger partial charge in [-0.05, 0) is 49.8 Å². The highest BCUT2D eigenvalue weighted by molar-refractivity contribution is 6.25. The number of fused-ring (bicyclic) bond motifs is 3. The van der Waals surface area contributed by atoms with Gasteiger partial charge in [0.15, 0.2) is 11.4 Å². The number of Topliss-reactive ketones (excluding diaryl/α,β-unsaturated/α-hetero) is 2. The maximum Gasteiger partial charge on any atom is 0.258 e. The summed E-state index contributed by atoms with van der Waals surface area (Å²) in [5.74, 6) is -7.86. The largest absolute Gasteiger partial charge is 0.510 e. The molecule has 0 saturated heterocycles. The number of nitrogens with one attached hydrogen (secondary N) is 1. The van der Waals surface area contributed by atoms with Crippen LogP contribution in [-0.2, 0) is 9.59 Å². The smallest absolute Gasteiger partial charge is 0.258 e. The molecule has 3 aliphatic carbocycles. The van der Waals surface area contributed by atoms with Gasteiger partial charge in [0.05, 0.1) is 11.6 Å². The lowest BCUT2D eigenvalue weighted by atomic mass is 9.55. The van der Waals surface area contributed by atoms with Crippen LogP contribution in [0.15, 0.2) is 65.1 Å². The van der Waals surface area contributed by atoms with Gasteiger partial charge in [0.25, 0.3) is 5.91 Å². The number of carbonyl (C=O) groups excluding carboxylic acids is 3. The first-order valence-electron chi connectivity index (χ1n) is 12.1. The molecular formula is C28H27FN2O7. The van der Waals surface area contributed by atoms with Crippen LogP contribution in [0.1, 0.15) is 33.8 Å². The van der Waals surface area contributed by atoms with Gasteiger partial charge in [-0.25, -0.2) is 4.39 Å². The van der Waals surface area contributed by atoms with Gasteiger partial charge in [-0.15, -0.1) is 0 Å². The SMILES string of the molecule is CNC(=O)C1=C(O)[C@@H](N(C)C)[C@@H]2C[C@H]3C(=C(O)[C@]2(O)C1=O)C(=O)c1c(O)cccc1[C@H]3c1ccc(F)cc1. The number of halogens is 1. The van der Waals surface area contributed by atoms with Crippen molar-refractivity contribution in [2.75, 3.05) is 21.1 Å². The second-order valence-electron chi connectivity index (χ2n) is 10.2. The van der Waals surface area contributed by atoms with Crippen molar-refractivity contribution in [3.05, 3.63) is 87.6 Å². The zero-order chi connectivity index (χ0) is 27.7. The van der Waals surface area contributed by atoms with Crippen LogP contribution in [0.25, 0.3) is 0 Å². The number of aliphatic hydroxyl groups excluding tert-OH is 2. The Morgan fingerprint density at radius 1 is 1.08 bits per heavy atom. The fourth-order valence-corrected chi connectivity index (χ4v) is 6.42. The minimum absolute atomic E-state index is 0.0571. The number of rotatable bonds is 3. The van der Waals surface area contributed by atoms with Gasteiger partial charge in [-0.3, -0.25) is 19.3 Å². The fraction of sp³-hybridized carbons (Fsp3) is 0.321. The van der Waals surface area contributed by atoms with Crippen molar-refractivity contribution in [3.8, 4) is 5.75 Å². The first-order valence-corrected chi connectivity index (χ1v) is 12.1. The van der Waals surface area contributed by atoms with E-state index in [9.17, 15) is 39.2 Å². The number of hydrogen-bond donors (Lipinski definition) is 5. The van der Waals surface area contributed by atoms with Gasteiger partial charge in [0.2, 0.25) is 5.78 Å². The van der Waals surface area contributed by atoms with E-state index in [4.69, 9.17) is 0 Å². The van der Waals surface area contributed by atoms with Gasteiger partial charge in [-0.2, -0.15) is 0 Å². The number of carbonyl (C=O) groups is 3. The van der Waals surface area contributed by atoms with Gasteiger partial charge in [0.1, 0.15) is 28.7 Å². The molecule has 2 aromatic rings. The molecule has 1 amide bonds. The van der Waals surface area contributed by atoms with E-state index in [1.165, 1.54) is 42.3 Å². The molecule has 0 fully saturated rings. The number of ketones is 2. The highest BCUT2D eigenvalue weighted by Crippen LogP contribution is 2.56. The van der Waals surface area contributed by atoms with E-state index in [1.807, 2.05) is 0 Å². The molecule has 5 atom stereocenters. The average Bonchev–Trinajstić information content (AvgIpc) is 2.87. The van der Waals surface area contributed by atoms with E-state index in [0.29, 0.717) is 11.1 Å². The second-order valence-corrected chi connectivity index (χ2v) is 10.2. The van der Waals surface area contributed by atoms with E-state index < -0.39 is 69.8 Å². The van der Waals surface area contributed by atoms with E-state index in [2.05, 4.69) is 5.32 Å². The average molecular weight is 523 g/mol. The minimum atomic E-state index is -2.69. The molecule has 5 N–H and O–H groups in total. The Morgan fingerprint density at radius 3 is 2.34 bits per heavy atom. The lowest BCUT2D eigenvalue weighted by molar-refractivity contribution is -0.148. The van der Waals surface area contributed by atoms with Crippen molar-refractivity contribution >= 4 is 17.5 Å². The number of allylic oxidation sites excluding steroid dienone is 1. The molecule has 0 aliphatic heterocycles. The highest BCUT2D eigenvalue weighted by Gasteiger charge is 2.64. The Bertz CT molecular complexity index is 1450. The fourth-order valence-electron chi connectivity index (χ4n) is 6.42. The van der Waals surface area contributed by atoms with Crippen molar-refractivity contribution in [2.45, 2.75) is 24.0 Å². The highest BCUT2D eigenvalue weighted by atomic mass is 19.1. The number of likely N-dealkylation sites (N-methyl/N-ethyl adjacent to an activating group) is 2. The van der Waals surface area contributed by atoms with Crippen LogP contribution in [0.2, 0.25) is 0 Å². The maximum absolute atomic E-state index is 13.8. The summed E-state index contributed by atoms with van der Waals surface area (Å²) in [4.78, 5) is 41.5. The number of phenolic OH excluding ortho intramolecular Hbond substituents is 1. The molecule has 10 heteroatoms. The first-order chi connectivity index (χ1) is 17.9. The summed E-state index contributed by atoms with van der Waals surface area (Å²) in [5.41, 5.74) is -2.74. The van der Waals surface area contributed by atoms with Crippen LogP contribution in [0, 0.1) is 17.7 Å². The van der Waals surface area contributed by atoms with Crippen LogP contribution in [0.4, 0.5) is 4.39 Å². The summed E-state index contributed by atoms with van der Waals surface area (Å²) < 4.78 is 13.8. The molecular weight excluding hydrogens is 495 g/mol. The molecule has 0 radical (unpaired) electrons. The predicted octanol–water partition coefficient (Wildman–Crippen LogP) is 2.11. The molecule has 0 unspecified atom stereocenters. The third-order valence-electron chi connectivity index (χ3n) is 8.05. The number of phenols is 1. The molecule has 38 heavy (non-hydrogen) atoms. The monoisotopic (exact) mass is 522 g/mol. The third-order valence-corrected chi connectivity index (χ3v) is 8.05. The molecule has 3 aliphatic rings. The molecule has 2 aromatic carbocycles. The second kappa shape index (κ2) is 8.78. The Morgan fingerprint density at radius 2 is 1.74 bits per heavy atom. The number of nitrogens with zero attached hydrogens (tertiary/aromatic N) is 1. The Hall–Kier alpha value is -4.02. The number of benzene rings is 2. The number of aliphatic hydroxyl groups is 3. The van der Waals surface area contributed by atoms with Crippen molar-refractivity contribution < 1.29 is 39.2 Å². The Kier molecular flexibility index (Phi) is 5.92. The van der Waals surface area contributed by atoms with E-state index in [1.54, 1.807) is 26.2 Å². The number of aromatic hydroxyl groups is 1. The van der Waals surface area contributed by atoms with Crippen LogP contribution in [0.5, 0.6) is 5.75 Å². The summed E-state index contributed by atoms with van der Waals surface area (Å²) in [7, 11) is 4.43. The minimum Gasteiger partial charge on any atom is -0.510 e. The molecule has 9 nitrogen and oxygen atoms in total. The summed E-state index contributed by atoms with van der Waals surface area (Å²) in [6.45, 7) is 0. The van der Waals surface area contributed by atoms with Crippen LogP contribution >= 0.6 is 0 Å². The van der Waals surface area contributed by atoms with E-state index in [-0.39, 0.29) is 23.3 Å². The van der Waals surface area contributed by atoms with Gasteiger partial charge < -0.3 is 25.7 Å². The number of hydrogen-bond acceptors (Lipinski definition) is 8. The molecule has 5 rings (SSSR count). The molecule has 198 valence electrons. The summed E-state index contributed by atoms with van der Waals surface area (Å²) in [5, 5.41) is 47.4. The Balaban J connectivity index is 1.81. The topological polar surface area (TPSA) is 147 Å². The van der Waals surface area contributed by atoms with Crippen LogP contribution < -0.4 is 5.32 Å². The quantitative estimate of drug-likeness (QED) is 0.385. The van der Waals surface area contributed by atoms with Crippen molar-refractivity contribution in [1.29, 1.82) is 0 Å². The summed E-state index contributed by atoms with van der Waals surface area (Å²) >= 11 is 0. The molecule has 0 bridgehead atoms. The lowest BCUT2D eigenvalue weighted by Gasteiger charge is -2.51. The van der Waals surface area contributed by atoms with E-state index >= 15 is 0 Å². The van der Waals surface area contributed by atoms with Crippen LogP contribution in [-0.4, -0.2) is 75.6 Å². The van der Waals surface area contributed by atoms with Crippen molar-refractivity contribution in [1.82, 2.24) is 10.2 Å². The standard InChI is InChI=1S/C28H27FN2O7/c1-30-27(37)21-24(34)22(31(2)3)16-11-15-18(12-7-9-13(29)10-8-12)14-5-4-6-17(32)19(14)23(33)20(15)25(35)28(16,38)26(21)36/h4-10,15-16,18,22,32,34-35,38H,11H2,1-3H3,(H,30,37)/t15-,16+,18-,22+,28+/m1/s1. The molecule has 0 spiro atoms. The van der Waals surface area contributed by atoms with Crippen molar-refractivity contribution in [3.63, 3.8) is 0 Å². The summed E-state index contributed by atoms with van der Waals surface area (Å²) in [6.07, 6.45) is -0.0571. The lowest BCUT2D eigenvalue weighted by Crippen LogP contribution is -2.64. The maximum atomic E-state index is 13.8. The summed E-state index contributed by atoms with van der Waals surface area (Å²) in [6, 6.07) is 9.07. The van der Waals surface area contributed by atoms with Gasteiger partial charge in [0, 0.05) is 30.4 Å². The van der Waals surface area contributed by atoms with Gasteiger partial charge in [-0.1, -0.05) is 24.3 Å². The molecule has 0 heterocycles. The third kappa shape index (κ3) is 3.33. The Labute approximate surface area is 217 Å². The zero-order valence-corrected chi connectivity index (χ0v) is 20.9. The normalized spacial score (nSPS) is 28.7. The molecule has 0 saturated carbocycles. The first kappa shape index (κ1) is 25.6. The van der Waals surface area contributed by atoms with Crippen LogP contribution in [0.3, 0.4) is 0 Å². The molecule has 0 aromatic heterocycles. The predicted molar refractivity (Wildman–Crippen MR) is 133 cm³/mol. The van der Waals surface area contributed by atoms with Crippen molar-refractivity contribution in [2.24, 2.45) is 11.8 Å².